The Labute approximate surface area is 66.4 Å². The van der Waals surface area contributed by atoms with Crippen LogP contribution in [0.3, 0.4) is 0 Å². The Hall–Kier alpha value is 0.0249. The molecule has 0 aromatic rings. The maximum atomic E-state index is 6.07. The van der Waals surface area contributed by atoms with Gasteiger partial charge in [-0.3, -0.25) is 0 Å². The van der Waals surface area contributed by atoms with E-state index in [1.807, 2.05) is 0 Å². The van der Waals surface area contributed by atoms with Crippen molar-refractivity contribution in [3.8, 4) is 0 Å². The van der Waals surface area contributed by atoms with Gasteiger partial charge < -0.3 is 4.39 Å². The molecule has 0 fully saturated rings. The Bertz CT molecular complexity index is 111. The van der Waals surface area contributed by atoms with Crippen LogP contribution in [0.25, 0.3) is 0 Å². The van der Waals surface area contributed by atoms with E-state index in [0.29, 0.717) is 10.4 Å². The lowest BCUT2D eigenvalue weighted by Crippen LogP contribution is -2.59. The van der Waals surface area contributed by atoms with Crippen molar-refractivity contribution >= 4 is 7.98 Å². The largest absolute Gasteiger partial charge is 0.584 e. The molecule has 0 amide bonds. The first-order valence-corrected chi connectivity index (χ1v) is 3.84. The number of quaternary nitrogens is 1. The van der Waals surface area contributed by atoms with Crippen LogP contribution in [0.4, 0.5) is 0 Å². The summed E-state index contributed by atoms with van der Waals surface area (Å²) in [4.78, 5) is 0. The third-order valence-electron chi connectivity index (χ3n) is 2.52. The zero-order chi connectivity index (χ0) is 8.58. The molecule has 2 heteroatoms. The molecule has 0 aliphatic rings. The minimum absolute atomic E-state index is 0.133. The molecule has 0 aromatic carbocycles. The third-order valence-corrected chi connectivity index (χ3v) is 2.52. The second kappa shape index (κ2) is 2.57. The highest BCUT2D eigenvalue weighted by Gasteiger charge is 2.23. The van der Waals surface area contributed by atoms with Gasteiger partial charge >= 0.3 is 0 Å². The molecule has 0 rings (SSSR count). The molecular formula is C8H19BN. The third kappa shape index (κ3) is 1.75. The maximum Gasteiger partial charge on any atom is 0.0445 e. The smallest absolute Gasteiger partial charge is 0.0445 e. The maximum absolute atomic E-state index is 6.07. The second-order valence-corrected chi connectivity index (χ2v) is 4.41. The van der Waals surface area contributed by atoms with Crippen molar-refractivity contribution < 1.29 is 4.39 Å². The van der Waals surface area contributed by atoms with Crippen LogP contribution in [0.5, 0.6) is 0 Å². The predicted octanol–water partition coefficient (Wildman–Crippen LogP) is 1.72. The highest BCUT2D eigenvalue weighted by atomic mass is 15.3. The predicted molar refractivity (Wildman–Crippen MR) is 46.8 cm³/mol. The lowest BCUT2D eigenvalue weighted by molar-refractivity contribution is -0.867. The van der Waals surface area contributed by atoms with Crippen molar-refractivity contribution in [3.63, 3.8) is 0 Å². The Morgan fingerprint density at radius 2 is 1.50 bits per heavy atom. The van der Waals surface area contributed by atoms with Crippen molar-refractivity contribution in [3.05, 3.63) is 0 Å². The molecule has 0 saturated carbocycles. The topological polar surface area (TPSA) is 0 Å². The molecule has 0 saturated heterocycles. The summed E-state index contributed by atoms with van der Waals surface area (Å²) in [6.45, 7) is 10.8. The zero-order valence-electron chi connectivity index (χ0n) is 8.10. The quantitative estimate of drug-likeness (QED) is 0.486. The fraction of sp³-hybridized carbons (Fsp3) is 1.00. The summed E-state index contributed by atoms with van der Waals surface area (Å²) in [5.74, 6) is 0. The molecule has 0 bridgehead atoms. The molecule has 0 spiro atoms. The molecule has 3 radical (unpaired) electrons. The average molecular weight is 140 g/mol. The Morgan fingerprint density at radius 3 is 1.50 bits per heavy atom. The van der Waals surface area contributed by atoms with E-state index < -0.39 is 0 Å². The Morgan fingerprint density at radius 1 is 1.20 bits per heavy atom. The molecule has 1 nitrogen and oxygen atoms in total. The van der Waals surface area contributed by atoms with Crippen molar-refractivity contribution in [1.82, 2.24) is 0 Å². The van der Waals surface area contributed by atoms with Gasteiger partial charge in [-0.1, -0.05) is 0 Å². The first-order valence-electron chi connectivity index (χ1n) is 3.84. The average Bonchev–Trinajstić information content (AvgIpc) is 1.62. The van der Waals surface area contributed by atoms with Crippen LogP contribution in [-0.4, -0.2) is 31.0 Å². The Balaban J connectivity index is 4.40. The van der Waals surface area contributed by atoms with E-state index >= 15 is 0 Å². The number of hydrogen-bond donors (Lipinski definition) is 0. The first kappa shape index (κ1) is 10.0. The van der Waals surface area contributed by atoms with Gasteiger partial charge in [-0.05, 0) is 34.6 Å². The molecule has 0 aliphatic carbocycles. The van der Waals surface area contributed by atoms with Crippen LogP contribution in [0.1, 0.15) is 34.6 Å². The summed E-state index contributed by atoms with van der Waals surface area (Å²) < 4.78 is 0.576. The van der Waals surface area contributed by atoms with E-state index in [4.69, 9.17) is 7.98 Å². The fourth-order valence-electron chi connectivity index (χ4n) is 0.775. The summed E-state index contributed by atoms with van der Waals surface area (Å²) in [6, 6.07) is 0.472. The first-order chi connectivity index (χ1) is 4.19. The van der Waals surface area contributed by atoms with Gasteiger partial charge in [0, 0.05) is 18.6 Å². The van der Waals surface area contributed by atoms with E-state index in [1.54, 1.807) is 0 Å². The Kier molecular flexibility index (Phi) is 2.58. The van der Waals surface area contributed by atoms with Crippen LogP contribution < -0.4 is 0 Å². The van der Waals surface area contributed by atoms with Gasteiger partial charge in [0.2, 0.25) is 0 Å². The summed E-state index contributed by atoms with van der Waals surface area (Å²) in [7, 11) is 8.13. The number of rotatable bonds is 1. The normalized spacial score (nSPS) is 19.2. The molecule has 0 N–H and O–H groups in total. The van der Waals surface area contributed by atoms with Gasteiger partial charge in [-0.25, -0.2) is 7.98 Å². The van der Waals surface area contributed by atoms with E-state index in [-0.39, 0.29) is 5.54 Å². The van der Waals surface area contributed by atoms with Crippen LogP contribution in [0.2, 0.25) is 0 Å². The van der Waals surface area contributed by atoms with Gasteiger partial charge in [-0.2, -0.15) is 0 Å². The number of nitrogens with zero attached hydrogens (tertiary/aromatic N) is 1. The minimum Gasteiger partial charge on any atom is -0.584 e. The zero-order valence-corrected chi connectivity index (χ0v) is 8.10. The summed E-state index contributed by atoms with van der Waals surface area (Å²) in [6.07, 6.45) is 0. The summed E-state index contributed by atoms with van der Waals surface area (Å²) in [5.41, 5.74) is 0.133. The lowest BCUT2D eigenvalue weighted by Gasteiger charge is -2.60. The highest BCUT2D eigenvalue weighted by Crippen LogP contribution is 2.21. The standard InChI is InChI=1S/C8H19BN/c1-7(2)10(6,9)8(3,4)5/h7H,1-6H3. The molecule has 1 atom stereocenters. The molecule has 0 aliphatic heterocycles. The van der Waals surface area contributed by atoms with Crippen LogP contribution in [-0.2, 0) is 0 Å². The molecule has 0 aromatic heterocycles. The van der Waals surface area contributed by atoms with Crippen molar-refractivity contribution in [1.29, 1.82) is 0 Å². The van der Waals surface area contributed by atoms with Crippen molar-refractivity contribution in [2.24, 2.45) is 0 Å². The van der Waals surface area contributed by atoms with Gasteiger partial charge in [0.05, 0.1) is 0 Å². The second-order valence-electron chi connectivity index (χ2n) is 4.41. The van der Waals surface area contributed by atoms with Crippen LogP contribution >= 0.6 is 0 Å². The molecule has 0 heterocycles. The molecule has 1 unspecified atom stereocenters. The van der Waals surface area contributed by atoms with Gasteiger partial charge in [-0.15, -0.1) is 0 Å². The van der Waals surface area contributed by atoms with Gasteiger partial charge in [0.15, 0.2) is 0 Å². The van der Waals surface area contributed by atoms with Crippen molar-refractivity contribution in [2.75, 3.05) is 7.05 Å². The molecule has 59 valence electrons. The monoisotopic (exact) mass is 140 g/mol. The van der Waals surface area contributed by atoms with E-state index in [9.17, 15) is 0 Å². The van der Waals surface area contributed by atoms with E-state index in [2.05, 4.69) is 41.7 Å². The fourth-order valence-corrected chi connectivity index (χ4v) is 0.775. The minimum atomic E-state index is 0.133. The number of hydrogen-bond acceptors (Lipinski definition) is 0. The summed E-state index contributed by atoms with van der Waals surface area (Å²) in [5, 5.41) is 0. The van der Waals surface area contributed by atoms with Gasteiger partial charge in [0.1, 0.15) is 0 Å². The van der Waals surface area contributed by atoms with Gasteiger partial charge in [0.25, 0.3) is 0 Å². The van der Waals surface area contributed by atoms with Crippen molar-refractivity contribution in [2.45, 2.75) is 46.2 Å². The van der Waals surface area contributed by atoms with Crippen LogP contribution in [0, 0.1) is 0 Å². The molecular weight excluding hydrogens is 121 g/mol. The summed E-state index contributed by atoms with van der Waals surface area (Å²) >= 11 is 0. The van der Waals surface area contributed by atoms with E-state index in [1.165, 1.54) is 0 Å². The van der Waals surface area contributed by atoms with Crippen LogP contribution in [0.15, 0.2) is 0 Å². The SMILES string of the molecule is [B-][N+](C)(C(C)C)C(C)(C)C. The molecule has 10 heavy (non-hydrogen) atoms. The van der Waals surface area contributed by atoms with E-state index in [0.717, 1.165) is 0 Å². The highest BCUT2D eigenvalue weighted by molar-refractivity contribution is 5.97. The lowest BCUT2D eigenvalue weighted by atomic mass is 9.93.